The number of hydrogen-bond acceptors (Lipinski definition) is 6. The molecular formula is C24H26F3N5O3. The highest BCUT2D eigenvalue weighted by atomic mass is 19.3. The average molecular weight is 489 g/mol. The summed E-state index contributed by atoms with van der Waals surface area (Å²) in [7, 11) is 0. The van der Waals surface area contributed by atoms with Crippen molar-refractivity contribution < 1.29 is 27.5 Å². The summed E-state index contributed by atoms with van der Waals surface area (Å²) in [6, 6.07) is 6.62. The predicted molar refractivity (Wildman–Crippen MR) is 120 cm³/mol. The normalized spacial score (nSPS) is 30.0. The van der Waals surface area contributed by atoms with Gasteiger partial charge in [0.1, 0.15) is 17.4 Å². The number of pyridine rings is 1. The van der Waals surface area contributed by atoms with Gasteiger partial charge in [-0.3, -0.25) is 9.59 Å². The van der Waals surface area contributed by atoms with E-state index in [2.05, 4.69) is 20.5 Å². The molecule has 0 aliphatic carbocycles. The Morgan fingerprint density at radius 2 is 1.91 bits per heavy atom. The first-order valence-corrected chi connectivity index (χ1v) is 11.4. The van der Waals surface area contributed by atoms with Crippen LogP contribution in [0.1, 0.15) is 55.5 Å². The van der Waals surface area contributed by atoms with Crippen LogP contribution in [0, 0.1) is 5.82 Å². The van der Waals surface area contributed by atoms with E-state index in [1.165, 1.54) is 19.2 Å². The Bertz CT molecular complexity index is 1170. The van der Waals surface area contributed by atoms with Gasteiger partial charge in [-0.1, -0.05) is 0 Å². The topological polar surface area (TPSA) is 110 Å². The number of anilines is 1. The third-order valence-corrected chi connectivity index (χ3v) is 7.08. The molecule has 8 nitrogen and oxygen atoms in total. The van der Waals surface area contributed by atoms with E-state index >= 15 is 0 Å². The monoisotopic (exact) mass is 489 g/mol. The molecule has 0 saturated carbocycles. The lowest BCUT2D eigenvalue weighted by atomic mass is 9.91. The number of alkyl halides is 2. The van der Waals surface area contributed by atoms with Gasteiger partial charge in [0.15, 0.2) is 0 Å². The van der Waals surface area contributed by atoms with Gasteiger partial charge in [-0.2, -0.15) is 0 Å². The predicted octanol–water partition coefficient (Wildman–Crippen LogP) is 2.77. The lowest BCUT2D eigenvalue weighted by Gasteiger charge is -2.45. The second-order valence-electron chi connectivity index (χ2n) is 9.80. The lowest BCUT2D eigenvalue weighted by Crippen LogP contribution is -2.63. The van der Waals surface area contributed by atoms with E-state index in [0.29, 0.717) is 25.3 Å². The van der Waals surface area contributed by atoms with Crippen LogP contribution < -0.4 is 26.0 Å². The molecule has 2 amide bonds. The van der Waals surface area contributed by atoms with Crippen molar-refractivity contribution in [1.29, 1.82) is 0 Å². The quantitative estimate of drug-likeness (QED) is 0.596. The average Bonchev–Trinajstić information content (AvgIpc) is 3.18. The largest absolute Gasteiger partial charge is 0.464 e. The number of carbonyl (C=O) groups is 2. The van der Waals surface area contributed by atoms with Crippen LogP contribution in [0.25, 0.3) is 0 Å². The molecule has 186 valence electrons. The number of aromatic nitrogens is 1. The minimum absolute atomic E-state index is 0.0377. The summed E-state index contributed by atoms with van der Waals surface area (Å²) in [4.78, 5) is 31.0. The van der Waals surface area contributed by atoms with Crippen LogP contribution in [0.3, 0.4) is 0 Å². The van der Waals surface area contributed by atoms with Crippen LogP contribution in [0.5, 0.6) is 5.75 Å². The second-order valence-corrected chi connectivity index (χ2v) is 9.80. The summed E-state index contributed by atoms with van der Waals surface area (Å²) >= 11 is 0. The zero-order valence-corrected chi connectivity index (χ0v) is 19.3. The number of halogens is 3. The third-order valence-electron chi connectivity index (χ3n) is 7.08. The number of amides is 2. The Balaban J connectivity index is 1.35. The molecule has 35 heavy (non-hydrogen) atoms. The number of fused-ring (bicyclic) bond motifs is 2. The third kappa shape index (κ3) is 4.07. The SMILES string of the molecule is CC1(Oc2ccc(F)c(C(C)(F)F)c2)NC2(CC3CCC(C2)N3c2ccc(C(N)=O)cn2)NC1=O. The molecule has 2 bridgehead atoms. The molecule has 4 N–H and O–H groups in total. The number of piperidine rings is 1. The second kappa shape index (κ2) is 7.84. The first kappa shape index (κ1) is 23.4. The van der Waals surface area contributed by atoms with E-state index in [1.807, 2.05) is 0 Å². The molecule has 1 aromatic heterocycles. The van der Waals surface area contributed by atoms with E-state index in [0.717, 1.165) is 30.8 Å². The van der Waals surface area contributed by atoms with Crippen molar-refractivity contribution in [3.63, 3.8) is 0 Å². The molecule has 3 aliphatic heterocycles. The number of primary amides is 1. The zero-order chi connectivity index (χ0) is 25.2. The Labute approximate surface area is 200 Å². The first-order valence-electron chi connectivity index (χ1n) is 11.4. The molecule has 4 heterocycles. The standard InChI is InChI=1S/C24H26F3N5O3/c1-22(26,27)17-9-16(6-7-18(17)25)35-23(2)21(34)30-24(31-23)10-14-4-5-15(11-24)32(14)19-8-3-13(12-29-19)20(28)33/h3,6-9,12,14-15,31H,4-5,10-11H2,1-2H3,(H2,28,33)(H,30,34). The molecule has 11 heteroatoms. The molecule has 3 unspecified atom stereocenters. The van der Waals surface area contributed by atoms with Crippen molar-refractivity contribution in [2.75, 3.05) is 4.90 Å². The molecule has 3 fully saturated rings. The van der Waals surface area contributed by atoms with Gasteiger partial charge in [0, 0.05) is 38.0 Å². The van der Waals surface area contributed by atoms with Crippen molar-refractivity contribution in [1.82, 2.24) is 15.6 Å². The maximum absolute atomic E-state index is 13.9. The fourth-order valence-corrected chi connectivity index (χ4v) is 5.61. The van der Waals surface area contributed by atoms with Crippen LogP contribution in [0.15, 0.2) is 36.5 Å². The zero-order valence-electron chi connectivity index (χ0n) is 19.3. The molecule has 3 atom stereocenters. The van der Waals surface area contributed by atoms with Crippen molar-refractivity contribution in [3.05, 3.63) is 53.5 Å². The molecule has 3 aliphatic rings. The molecule has 1 spiro atoms. The number of nitrogens with two attached hydrogens (primary N) is 1. The summed E-state index contributed by atoms with van der Waals surface area (Å²) in [6.07, 6.45) is 4.38. The van der Waals surface area contributed by atoms with Gasteiger partial charge in [-0.05, 0) is 50.1 Å². The molecule has 1 aromatic carbocycles. The summed E-state index contributed by atoms with van der Waals surface area (Å²) in [5.74, 6) is -4.71. The highest BCUT2D eigenvalue weighted by Crippen LogP contribution is 2.44. The number of benzene rings is 1. The summed E-state index contributed by atoms with van der Waals surface area (Å²) < 4.78 is 47.3. The van der Waals surface area contributed by atoms with Crippen LogP contribution >= 0.6 is 0 Å². The maximum atomic E-state index is 13.9. The van der Waals surface area contributed by atoms with Crippen LogP contribution in [-0.2, 0) is 10.7 Å². The highest BCUT2D eigenvalue weighted by Gasteiger charge is 2.58. The number of nitrogens with zero attached hydrogens (tertiary/aromatic N) is 2. The van der Waals surface area contributed by atoms with E-state index in [-0.39, 0.29) is 17.8 Å². The summed E-state index contributed by atoms with van der Waals surface area (Å²) in [5.41, 5.74) is 2.56. The molecule has 2 aromatic rings. The van der Waals surface area contributed by atoms with Gasteiger partial charge >= 0.3 is 0 Å². The fourth-order valence-electron chi connectivity index (χ4n) is 5.61. The van der Waals surface area contributed by atoms with Crippen LogP contribution in [0.2, 0.25) is 0 Å². The minimum atomic E-state index is -3.40. The number of hydrogen-bond donors (Lipinski definition) is 3. The number of rotatable bonds is 5. The van der Waals surface area contributed by atoms with Gasteiger partial charge < -0.3 is 20.7 Å². The van der Waals surface area contributed by atoms with Gasteiger partial charge in [0.05, 0.1) is 16.8 Å². The number of ether oxygens (including phenoxy) is 1. The first-order chi connectivity index (χ1) is 16.4. The summed E-state index contributed by atoms with van der Waals surface area (Å²) in [6.45, 7) is 2.13. The Morgan fingerprint density at radius 1 is 1.23 bits per heavy atom. The van der Waals surface area contributed by atoms with Crippen LogP contribution in [-0.4, -0.2) is 40.3 Å². The van der Waals surface area contributed by atoms with Gasteiger partial charge in [0.25, 0.3) is 11.8 Å². The molecule has 3 saturated heterocycles. The highest BCUT2D eigenvalue weighted by molar-refractivity contribution is 5.92. The van der Waals surface area contributed by atoms with Crippen LogP contribution in [0.4, 0.5) is 19.0 Å². The van der Waals surface area contributed by atoms with Gasteiger partial charge in [0.2, 0.25) is 11.6 Å². The van der Waals surface area contributed by atoms with E-state index in [1.54, 1.807) is 12.1 Å². The maximum Gasteiger partial charge on any atom is 0.281 e. The van der Waals surface area contributed by atoms with Crippen molar-refractivity contribution in [2.24, 2.45) is 5.73 Å². The minimum Gasteiger partial charge on any atom is -0.464 e. The van der Waals surface area contributed by atoms with Crippen molar-refractivity contribution in [2.45, 2.75) is 68.9 Å². The summed E-state index contributed by atoms with van der Waals surface area (Å²) in [5, 5.41) is 6.31. The van der Waals surface area contributed by atoms with Crippen molar-refractivity contribution in [3.8, 4) is 5.75 Å². The van der Waals surface area contributed by atoms with E-state index < -0.39 is 40.5 Å². The van der Waals surface area contributed by atoms with E-state index in [4.69, 9.17) is 10.5 Å². The smallest absolute Gasteiger partial charge is 0.281 e. The van der Waals surface area contributed by atoms with Gasteiger partial charge in [-0.25, -0.2) is 23.5 Å². The van der Waals surface area contributed by atoms with E-state index in [9.17, 15) is 22.8 Å². The Kier molecular flexibility index (Phi) is 5.24. The number of nitrogens with one attached hydrogen (secondary N) is 2. The molecule has 5 rings (SSSR count). The van der Waals surface area contributed by atoms with Gasteiger partial charge in [-0.15, -0.1) is 0 Å². The number of carbonyl (C=O) groups excluding carboxylic acids is 2. The van der Waals surface area contributed by atoms with Crippen molar-refractivity contribution >= 4 is 17.6 Å². The molecule has 0 radical (unpaired) electrons. The Morgan fingerprint density at radius 3 is 2.49 bits per heavy atom. The fraction of sp³-hybridized carbons (Fsp3) is 0.458. The Hall–Kier alpha value is -3.34. The lowest BCUT2D eigenvalue weighted by molar-refractivity contribution is -0.132. The molecular weight excluding hydrogens is 463 g/mol.